The van der Waals surface area contributed by atoms with E-state index in [1.807, 2.05) is 4.98 Å². The van der Waals surface area contributed by atoms with Crippen molar-refractivity contribution in [2.75, 3.05) is 13.2 Å². The molecule has 0 amide bonds. The molecule has 1 fully saturated rings. The summed E-state index contributed by atoms with van der Waals surface area (Å²) in [6.45, 7) is 0.729. The van der Waals surface area contributed by atoms with Gasteiger partial charge in [-0.1, -0.05) is 0 Å². The second-order valence-electron chi connectivity index (χ2n) is 4.71. The number of aromatic nitrogens is 2. The number of phosphoric ester groups is 1. The van der Waals surface area contributed by atoms with Crippen molar-refractivity contribution in [2.24, 2.45) is 0 Å². The molecule has 5 atom stereocenters. The highest BCUT2D eigenvalue weighted by Gasteiger charge is 2.48. The fraction of sp³-hybridized carbons (Fsp3) is 0.636. The zero-order chi connectivity index (χ0) is 17.2. The summed E-state index contributed by atoms with van der Waals surface area (Å²) in [6, 6.07) is 1.04. The van der Waals surface area contributed by atoms with E-state index in [-0.39, 0.29) is 6.61 Å². The van der Waals surface area contributed by atoms with Crippen LogP contribution in [0.4, 0.5) is 0 Å². The molecule has 0 saturated carbocycles. The highest BCUT2D eigenvalue weighted by atomic mass is 31.2. The number of nitrogens with one attached hydrogen (secondary N) is 1. The Hall–Kier alpha value is -1.33. The molecule has 4 N–H and O–H groups in total. The van der Waals surface area contributed by atoms with Gasteiger partial charge in [-0.25, -0.2) is 9.36 Å². The first-order valence-electron chi connectivity index (χ1n) is 6.70. The normalized spacial score (nSPS) is 30.3. The highest BCUT2D eigenvalue weighted by Crippen LogP contribution is 2.48. The van der Waals surface area contributed by atoms with Crippen LogP contribution in [-0.2, 0) is 18.3 Å². The molecule has 1 saturated heterocycles. The number of hydrogen-bond donors (Lipinski definition) is 4. The van der Waals surface area contributed by atoms with Gasteiger partial charge in [-0.05, 0) is 6.92 Å². The fourth-order valence-electron chi connectivity index (χ4n) is 2.20. The second-order valence-corrected chi connectivity index (χ2v) is 6.12. The molecule has 0 spiro atoms. The molecule has 130 valence electrons. The predicted octanol–water partition coefficient (Wildman–Crippen LogP) is -1.69. The monoisotopic (exact) mass is 352 g/mol. The van der Waals surface area contributed by atoms with Crippen molar-refractivity contribution in [3.05, 3.63) is 33.1 Å². The Kier molecular flexibility index (Phi) is 5.53. The average molecular weight is 352 g/mol. The van der Waals surface area contributed by atoms with E-state index in [4.69, 9.17) is 9.26 Å². The standard InChI is InChI=1S/C11H17N2O9P/c1-2-20-23(18,19)22-9-6(5-14)21-10(8(9)16)13-4-3-7(15)12-11(13)17/h3-4,6,8-10,14,16H,2,5H2,1H3,(H,18,19)(H,12,15,17)/t6-,8-,9-,10-/m1/s1. The van der Waals surface area contributed by atoms with Crippen LogP contribution in [0.3, 0.4) is 0 Å². The molecule has 0 bridgehead atoms. The fourth-order valence-corrected chi connectivity index (χ4v) is 3.16. The van der Waals surface area contributed by atoms with Crippen molar-refractivity contribution in [3.63, 3.8) is 0 Å². The van der Waals surface area contributed by atoms with Gasteiger partial charge in [-0.15, -0.1) is 0 Å². The molecular weight excluding hydrogens is 335 g/mol. The first kappa shape index (κ1) is 18.0. The lowest BCUT2D eigenvalue weighted by molar-refractivity contribution is -0.0550. The molecule has 12 heteroatoms. The number of aliphatic hydroxyl groups excluding tert-OH is 2. The van der Waals surface area contributed by atoms with E-state index in [0.29, 0.717) is 0 Å². The number of hydrogen-bond acceptors (Lipinski definition) is 8. The maximum Gasteiger partial charge on any atom is 0.472 e. The third kappa shape index (κ3) is 3.96. The summed E-state index contributed by atoms with van der Waals surface area (Å²) < 4.78 is 27.2. The third-order valence-electron chi connectivity index (χ3n) is 3.16. The molecular formula is C11H17N2O9P. The van der Waals surface area contributed by atoms with Gasteiger partial charge < -0.3 is 19.8 Å². The molecule has 2 rings (SSSR count). The van der Waals surface area contributed by atoms with Gasteiger partial charge in [0, 0.05) is 12.3 Å². The van der Waals surface area contributed by atoms with Crippen LogP contribution >= 0.6 is 7.82 Å². The first-order chi connectivity index (χ1) is 10.8. The summed E-state index contributed by atoms with van der Waals surface area (Å²) in [5, 5.41) is 19.5. The Morgan fingerprint density at radius 3 is 2.74 bits per heavy atom. The molecule has 11 nitrogen and oxygen atoms in total. The summed E-state index contributed by atoms with van der Waals surface area (Å²) >= 11 is 0. The van der Waals surface area contributed by atoms with E-state index < -0.39 is 50.2 Å². The lowest BCUT2D eigenvalue weighted by Crippen LogP contribution is -2.38. The topological polar surface area (TPSA) is 160 Å². The van der Waals surface area contributed by atoms with Crippen LogP contribution in [0.15, 0.2) is 21.9 Å². The quantitative estimate of drug-likeness (QED) is 0.438. The number of ether oxygens (including phenoxy) is 1. The SMILES string of the molecule is CCOP(=O)(O)O[C@H]1[C@@H](O)[C@H](n2ccc(=O)[nH]c2=O)O[C@@H]1CO. The number of aliphatic hydroxyl groups is 2. The number of nitrogens with zero attached hydrogens (tertiary/aromatic N) is 1. The zero-order valence-corrected chi connectivity index (χ0v) is 13.0. The van der Waals surface area contributed by atoms with Crippen molar-refractivity contribution in [1.82, 2.24) is 9.55 Å². The number of phosphoric acid groups is 1. The predicted molar refractivity (Wildman–Crippen MR) is 74.6 cm³/mol. The minimum absolute atomic E-state index is 0.107. The van der Waals surface area contributed by atoms with E-state index in [9.17, 15) is 29.3 Å². The third-order valence-corrected chi connectivity index (χ3v) is 4.26. The van der Waals surface area contributed by atoms with E-state index >= 15 is 0 Å². The first-order valence-corrected chi connectivity index (χ1v) is 8.20. The maximum absolute atomic E-state index is 11.7. The number of H-pyrrole nitrogens is 1. The zero-order valence-electron chi connectivity index (χ0n) is 12.1. The summed E-state index contributed by atoms with van der Waals surface area (Å²) in [4.78, 5) is 34.3. The van der Waals surface area contributed by atoms with Crippen LogP contribution < -0.4 is 11.2 Å². The largest absolute Gasteiger partial charge is 0.472 e. The van der Waals surface area contributed by atoms with Crippen LogP contribution in [0.2, 0.25) is 0 Å². The molecule has 1 aromatic rings. The van der Waals surface area contributed by atoms with Crippen molar-refractivity contribution < 1.29 is 33.5 Å². The van der Waals surface area contributed by atoms with Crippen LogP contribution in [-0.4, -0.2) is 56.2 Å². The summed E-state index contributed by atoms with van der Waals surface area (Å²) in [7, 11) is -4.46. The van der Waals surface area contributed by atoms with Gasteiger partial charge in [-0.3, -0.25) is 23.4 Å². The molecule has 1 aromatic heterocycles. The minimum atomic E-state index is -4.46. The van der Waals surface area contributed by atoms with Crippen LogP contribution in [0, 0.1) is 0 Å². The maximum atomic E-state index is 11.7. The highest BCUT2D eigenvalue weighted by molar-refractivity contribution is 7.47. The van der Waals surface area contributed by atoms with Gasteiger partial charge >= 0.3 is 13.5 Å². The van der Waals surface area contributed by atoms with Gasteiger partial charge in [0.15, 0.2) is 6.23 Å². The summed E-state index contributed by atoms with van der Waals surface area (Å²) in [5.41, 5.74) is -1.49. The molecule has 0 aromatic carbocycles. The van der Waals surface area contributed by atoms with E-state index in [0.717, 1.165) is 16.8 Å². The van der Waals surface area contributed by atoms with Gasteiger partial charge in [0.2, 0.25) is 0 Å². The van der Waals surface area contributed by atoms with Crippen molar-refractivity contribution in [3.8, 4) is 0 Å². The van der Waals surface area contributed by atoms with E-state index in [2.05, 4.69) is 4.52 Å². The molecule has 23 heavy (non-hydrogen) atoms. The Balaban J connectivity index is 2.27. The van der Waals surface area contributed by atoms with Gasteiger partial charge in [0.25, 0.3) is 5.56 Å². The van der Waals surface area contributed by atoms with Crippen LogP contribution in [0.25, 0.3) is 0 Å². The van der Waals surface area contributed by atoms with Crippen LogP contribution in [0.1, 0.15) is 13.2 Å². The smallest absolute Gasteiger partial charge is 0.394 e. The van der Waals surface area contributed by atoms with E-state index in [1.165, 1.54) is 6.92 Å². The molecule has 1 aliphatic rings. The van der Waals surface area contributed by atoms with Crippen molar-refractivity contribution >= 4 is 7.82 Å². The van der Waals surface area contributed by atoms with Gasteiger partial charge in [0.1, 0.15) is 18.3 Å². The summed E-state index contributed by atoms with van der Waals surface area (Å²) in [6.07, 6.45) is -4.37. The van der Waals surface area contributed by atoms with Gasteiger partial charge in [0.05, 0.1) is 13.2 Å². The van der Waals surface area contributed by atoms with Crippen molar-refractivity contribution in [2.45, 2.75) is 31.5 Å². The Morgan fingerprint density at radius 2 is 2.17 bits per heavy atom. The number of aromatic amines is 1. The Morgan fingerprint density at radius 1 is 1.48 bits per heavy atom. The Labute approximate surface area is 129 Å². The molecule has 1 unspecified atom stereocenters. The number of rotatable bonds is 6. The molecule has 2 heterocycles. The minimum Gasteiger partial charge on any atom is -0.394 e. The lowest BCUT2D eigenvalue weighted by Gasteiger charge is -2.22. The van der Waals surface area contributed by atoms with Gasteiger partial charge in [-0.2, -0.15) is 0 Å². The second kappa shape index (κ2) is 7.05. The molecule has 0 radical (unpaired) electrons. The summed E-state index contributed by atoms with van der Waals surface area (Å²) in [5.74, 6) is 0. The van der Waals surface area contributed by atoms with Crippen LogP contribution in [0.5, 0.6) is 0 Å². The Bertz CT molecular complexity index is 701. The lowest BCUT2D eigenvalue weighted by atomic mass is 10.1. The molecule has 0 aliphatic carbocycles. The molecule has 1 aliphatic heterocycles. The van der Waals surface area contributed by atoms with Crippen molar-refractivity contribution in [1.29, 1.82) is 0 Å². The van der Waals surface area contributed by atoms with E-state index in [1.54, 1.807) is 0 Å². The average Bonchev–Trinajstić information content (AvgIpc) is 2.75.